The normalized spacial score (nSPS) is 11.5. The molecule has 0 spiro atoms. The van der Waals surface area contributed by atoms with E-state index in [-0.39, 0.29) is 12.2 Å². The van der Waals surface area contributed by atoms with E-state index in [1.807, 2.05) is 0 Å². The monoisotopic (exact) mass is 188 g/mol. The lowest BCUT2D eigenvalue weighted by molar-refractivity contribution is -0.105. The summed E-state index contributed by atoms with van der Waals surface area (Å²) in [5, 5.41) is 11.8. The summed E-state index contributed by atoms with van der Waals surface area (Å²) in [5.41, 5.74) is 0.256. The molecule has 6 heteroatoms. The van der Waals surface area contributed by atoms with Gasteiger partial charge in [0.05, 0.1) is 13.7 Å². The number of hydrogen-bond donors (Lipinski definition) is 2. The zero-order chi connectivity index (χ0) is 10.3. The van der Waals surface area contributed by atoms with Crippen LogP contribution in [0.4, 0.5) is 4.79 Å². The van der Waals surface area contributed by atoms with E-state index in [1.54, 1.807) is 7.05 Å². The van der Waals surface area contributed by atoms with Crippen molar-refractivity contribution >= 4 is 12.4 Å². The molecule has 0 aliphatic rings. The third kappa shape index (κ3) is 5.83. The molecular weight excluding hydrogens is 176 g/mol. The number of nitrogens with one attached hydrogen (secondary N) is 1. The molecule has 0 saturated carbocycles. The Morgan fingerprint density at radius 2 is 2.31 bits per heavy atom. The third-order valence-corrected chi connectivity index (χ3v) is 1.24. The summed E-state index contributed by atoms with van der Waals surface area (Å²) >= 11 is 0. The van der Waals surface area contributed by atoms with Gasteiger partial charge in [0.25, 0.3) is 0 Å². The van der Waals surface area contributed by atoms with E-state index in [0.29, 0.717) is 6.29 Å². The first-order valence-electron chi connectivity index (χ1n) is 3.49. The minimum Gasteiger partial charge on any atom is -0.465 e. The Morgan fingerprint density at radius 3 is 2.69 bits per heavy atom. The standard InChI is InChI=1S/C7H12N2O4/c1-9(13-2)5-6(3-4-10)8-7(11)12/h3-4,8H,5H2,1-2H3,(H,11,12). The maximum absolute atomic E-state index is 10.2. The van der Waals surface area contributed by atoms with Crippen LogP contribution in [-0.4, -0.2) is 43.3 Å². The van der Waals surface area contributed by atoms with Gasteiger partial charge in [0.15, 0.2) is 0 Å². The maximum atomic E-state index is 10.2. The first kappa shape index (κ1) is 11.6. The van der Waals surface area contributed by atoms with Crippen molar-refractivity contribution in [3.8, 4) is 0 Å². The number of hydrogen-bond acceptors (Lipinski definition) is 4. The van der Waals surface area contributed by atoms with E-state index in [9.17, 15) is 9.59 Å². The van der Waals surface area contributed by atoms with Crippen LogP contribution in [0.15, 0.2) is 11.8 Å². The minimum atomic E-state index is -1.21. The lowest BCUT2D eigenvalue weighted by Crippen LogP contribution is -2.29. The molecule has 0 aliphatic heterocycles. The highest BCUT2D eigenvalue weighted by Crippen LogP contribution is 1.92. The van der Waals surface area contributed by atoms with Crippen LogP contribution in [-0.2, 0) is 9.63 Å². The number of nitrogens with zero attached hydrogens (tertiary/aromatic N) is 1. The van der Waals surface area contributed by atoms with Crippen molar-refractivity contribution in [1.82, 2.24) is 10.4 Å². The molecule has 0 aliphatic carbocycles. The number of hydroxylamine groups is 2. The van der Waals surface area contributed by atoms with Gasteiger partial charge in [0.2, 0.25) is 0 Å². The first-order valence-corrected chi connectivity index (χ1v) is 3.49. The van der Waals surface area contributed by atoms with Crippen molar-refractivity contribution in [3.05, 3.63) is 11.8 Å². The Kier molecular flexibility index (Phi) is 5.49. The minimum absolute atomic E-state index is 0.196. The largest absolute Gasteiger partial charge is 0.465 e. The average Bonchev–Trinajstić information content (AvgIpc) is 2.03. The predicted octanol–water partition coefficient (Wildman–Crippen LogP) is -0.170. The number of carboxylic acid groups (broad SMARTS) is 1. The van der Waals surface area contributed by atoms with Crippen LogP contribution in [0.3, 0.4) is 0 Å². The molecule has 2 N–H and O–H groups in total. The second kappa shape index (κ2) is 6.15. The van der Waals surface area contributed by atoms with Gasteiger partial charge in [0.1, 0.15) is 6.29 Å². The summed E-state index contributed by atoms with van der Waals surface area (Å²) in [4.78, 5) is 25.1. The number of aldehydes is 1. The van der Waals surface area contributed by atoms with Gasteiger partial charge >= 0.3 is 6.09 Å². The van der Waals surface area contributed by atoms with Crippen molar-refractivity contribution in [2.45, 2.75) is 0 Å². The van der Waals surface area contributed by atoms with Gasteiger partial charge in [0, 0.05) is 12.7 Å². The Labute approximate surface area is 75.7 Å². The molecule has 74 valence electrons. The summed E-state index contributed by atoms with van der Waals surface area (Å²) in [7, 11) is 3.06. The lowest BCUT2D eigenvalue weighted by atomic mass is 10.4. The smallest absolute Gasteiger partial charge is 0.408 e. The van der Waals surface area contributed by atoms with E-state index in [0.717, 1.165) is 6.08 Å². The maximum Gasteiger partial charge on any atom is 0.408 e. The van der Waals surface area contributed by atoms with E-state index >= 15 is 0 Å². The highest BCUT2D eigenvalue weighted by Gasteiger charge is 2.04. The van der Waals surface area contributed by atoms with Crippen LogP contribution >= 0.6 is 0 Å². The molecular formula is C7H12N2O4. The van der Waals surface area contributed by atoms with Crippen LogP contribution in [0.1, 0.15) is 0 Å². The fourth-order valence-corrected chi connectivity index (χ4v) is 0.658. The average molecular weight is 188 g/mol. The molecule has 0 aromatic rings. The highest BCUT2D eigenvalue weighted by atomic mass is 16.7. The molecule has 0 aromatic carbocycles. The van der Waals surface area contributed by atoms with Gasteiger partial charge < -0.3 is 9.94 Å². The summed E-state index contributed by atoms with van der Waals surface area (Å²) in [6.45, 7) is 0.196. The molecule has 0 rings (SSSR count). The quantitative estimate of drug-likeness (QED) is 0.356. The van der Waals surface area contributed by atoms with Gasteiger partial charge in [-0.15, -0.1) is 0 Å². The first-order chi connectivity index (χ1) is 6.10. The van der Waals surface area contributed by atoms with Crippen molar-refractivity contribution in [2.24, 2.45) is 0 Å². The molecule has 1 amide bonds. The number of allylic oxidation sites excluding steroid dienone is 1. The van der Waals surface area contributed by atoms with Crippen LogP contribution in [0, 0.1) is 0 Å². The predicted molar refractivity (Wildman–Crippen MR) is 44.9 cm³/mol. The van der Waals surface area contributed by atoms with Gasteiger partial charge in [-0.1, -0.05) is 0 Å². The number of rotatable bonds is 5. The lowest BCUT2D eigenvalue weighted by Gasteiger charge is -2.14. The van der Waals surface area contributed by atoms with Crippen LogP contribution < -0.4 is 5.32 Å². The molecule has 0 aromatic heterocycles. The van der Waals surface area contributed by atoms with Crippen molar-refractivity contribution in [1.29, 1.82) is 0 Å². The van der Waals surface area contributed by atoms with Gasteiger partial charge in [-0.25, -0.2) is 4.79 Å². The van der Waals surface area contributed by atoms with E-state index in [1.165, 1.54) is 12.2 Å². The van der Waals surface area contributed by atoms with Crippen LogP contribution in [0.5, 0.6) is 0 Å². The second-order valence-corrected chi connectivity index (χ2v) is 2.23. The number of likely N-dealkylation sites (N-methyl/N-ethyl adjacent to an activating group) is 1. The van der Waals surface area contributed by atoms with E-state index in [2.05, 4.69) is 5.32 Å². The number of carbonyl (C=O) groups is 2. The molecule has 0 fully saturated rings. The summed E-state index contributed by atoms with van der Waals surface area (Å²) in [6, 6.07) is 0. The van der Waals surface area contributed by atoms with E-state index < -0.39 is 6.09 Å². The van der Waals surface area contributed by atoms with E-state index in [4.69, 9.17) is 9.94 Å². The van der Waals surface area contributed by atoms with Gasteiger partial charge in [-0.2, -0.15) is 5.06 Å². The third-order valence-electron chi connectivity index (χ3n) is 1.24. The highest BCUT2D eigenvalue weighted by molar-refractivity contribution is 5.71. The second-order valence-electron chi connectivity index (χ2n) is 2.23. The topological polar surface area (TPSA) is 78.9 Å². The summed E-state index contributed by atoms with van der Waals surface area (Å²) in [5.74, 6) is 0. The Bertz CT molecular complexity index is 215. The number of amides is 1. The summed E-state index contributed by atoms with van der Waals surface area (Å²) < 4.78 is 0. The Morgan fingerprint density at radius 1 is 1.69 bits per heavy atom. The molecule has 0 unspecified atom stereocenters. The fourth-order valence-electron chi connectivity index (χ4n) is 0.658. The Hall–Kier alpha value is -1.40. The molecule has 0 heterocycles. The van der Waals surface area contributed by atoms with Gasteiger partial charge in [-0.3, -0.25) is 10.1 Å². The Balaban J connectivity index is 4.18. The fraction of sp³-hybridized carbons (Fsp3) is 0.429. The van der Waals surface area contributed by atoms with Crippen molar-refractivity contribution in [2.75, 3.05) is 20.7 Å². The molecule has 0 bridgehead atoms. The van der Waals surface area contributed by atoms with Crippen LogP contribution in [0.25, 0.3) is 0 Å². The summed E-state index contributed by atoms with van der Waals surface area (Å²) in [6.07, 6.45) is 0.427. The molecule has 0 atom stereocenters. The molecule has 0 saturated heterocycles. The number of carbonyl (C=O) groups excluding carboxylic acids is 1. The zero-order valence-electron chi connectivity index (χ0n) is 7.48. The zero-order valence-corrected chi connectivity index (χ0v) is 7.48. The molecule has 13 heavy (non-hydrogen) atoms. The SMILES string of the molecule is CON(C)CC(=CC=O)NC(=O)O. The van der Waals surface area contributed by atoms with Crippen LogP contribution in [0.2, 0.25) is 0 Å². The van der Waals surface area contributed by atoms with Gasteiger partial charge in [-0.05, 0) is 6.08 Å². The molecule has 6 nitrogen and oxygen atoms in total. The molecule has 0 radical (unpaired) electrons. The van der Waals surface area contributed by atoms with Crippen molar-refractivity contribution < 1.29 is 19.5 Å². The van der Waals surface area contributed by atoms with Crippen molar-refractivity contribution in [3.63, 3.8) is 0 Å².